The van der Waals surface area contributed by atoms with Gasteiger partial charge in [-0.1, -0.05) is 48.4 Å². The van der Waals surface area contributed by atoms with Crippen LogP contribution in [0.2, 0.25) is 0 Å². The minimum atomic E-state index is -0.837. The second kappa shape index (κ2) is 10.0. The van der Waals surface area contributed by atoms with Crippen LogP contribution < -0.4 is 10.5 Å². The molecule has 0 saturated heterocycles. The lowest BCUT2D eigenvalue weighted by Gasteiger charge is -2.12. The summed E-state index contributed by atoms with van der Waals surface area (Å²) < 4.78 is 10.5. The van der Waals surface area contributed by atoms with E-state index in [1.807, 2.05) is 18.2 Å². The molecule has 134 valence electrons. The van der Waals surface area contributed by atoms with Crippen molar-refractivity contribution >= 4 is 11.8 Å². The first kappa shape index (κ1) is 19.2. The number of hydrogen-bond acceptors (Lipinski definition) is 5. The zero-order valence-corrected chi connectivity index (χ0v) is 14.6. The van der Waals surface area contributed by atoms with Gasteiger partial charge < -0.3 is 15.2 Å². The van der Waals surface area contributed by atoms with Gasteiger partial charge in [-0.05, 0) is 31.0 Å². The van der Waals surface area contributed by atoms with Crippen molar-refractivity contribution in [3.8, 4) is 17.6 Å². The molecule has 0 unspecified atom stereocenters. The minimum absolute atomic E-state index is 0.261. The Balaban J connectivity index is 1.80. The second-order valence-electron chi connectivity index (χ2n) is 5.57. The predicted octanol–water partition coefficient (Wildman–Crippen LogP) is 2.38. The highest BCUT2D eigenvalue weighted by Crippen LogP contribution is 2.13. The number of ether oxygens (including phenoxy) is 2. The SMILES string of the molecule is CC#CCOc1ccc(C[C@H](N)C(=O)OCC(=O)c2ccccc2)cc1. The van der Waals surface area contributed by atoms with E-state index in [-0.39, 0.29) is 12.4 Å². The summed E-state index contributed by atoms with van der Waals surface area (Å²) in [6, 6.07) is 15.1. The summed E-state index contributed by atoms with van der Waals surface area (Å²) in [5, 5.41) is 0. The molecule has 0 radical (unpaired) electrons. The molecule has 0 fully saturated rings. The van der Waals surface area contributed by atoms with Gasteiger partial charge in [0.15, 0.2) is 12.4 Å². The largest absolute Gasteiger partial charge is 0.481 e. The van der Waals surface area contributed by atoms with Crippen molar-refractivity contribution in [3.05, 3.63) is 65.7 Å². The number of benzene rings is 2. The van der Waals surface area contributed by atoms with E-state index in [4.69, 9.17) is 15.2 Å². The van der Waals surface area contributed by atoms with E-state index in [1.54, 1.807) is 43.3 Å². The Labute approximate surface area is 153 Å². The van der Waals surface area contributed by atoms with Gasteiger partial charge in [-0.25, -0.2) is 0 Å². The van der Waals surface area contributed by atoms with Crippen LogP contribution in [0.25, 0.3) is 0 Å². The van der Waals surface area contributed by atoms with Crippen LogP contribution in [0.15, 0.2) is 54.6 Å². The van der Waals surface area contributed by atoms with Crippen molar-refractivity contribution in [1.82, 2.24) is 0 Å². The quantitative estimate of drug-likeness (QED) is 0.449. The molecular weight excluding hydrogens is 330 g/mol. The maximum atomic E-state index is 12.0. The molecule has 2 N–H and O–H groups in total. The summed E-state index contributed by atoms with van der Waals surface area (Å²) in [5.74, 6) is 5.39. The molecule has 0 aliphatic carbocycles. The smallest absolute Gasteiger partial charge is 0.323 e. The van der Waals surface area contributed by atoms with Gasteiger partial charge in [-0.15, -0.1) is 5.92 Å². The summed E-state index contributed by atoms with van der Waals surface area (Å²) in [5.41, 5.74) is 7.25. The summed E-state index contributed by atoms with van der Waals surface area (Å²) in [6.45, 7) is 1.76. The number of carbonyl (C=O) groups excluding carboxylic acids is 2. The molecule has 1 atom stereocenters. The molecule has 0 aliphatic heterocycles. The van der Waals surface area contributed by atoms with Gasteiger partial charge in [0, 0.05) is 5.56 Å². The first-order chi connectivity index (χ1) is 12.6. The number of hydrogen-bond donors (Lipinski definition) is 1. The van der Waals surface area contributed by atoms with Crippen LogP contribution in [0.5, 0.6) is 5.75 Å². The number of nitrogens with two attached hydrogens (primary N) is 1. The Kier molecular flexibility index (Phi) is 7.41. The first-order valence-electron chi connectivity index (χ1n) is 8.22. The lowest BCUT2D eigenvalue weighted by molar-refractivity contribution is -0.144. The van der Waals surface area contributed by atoms with Crippen LogP contribution in [0, 0.1) is 11.8 Å². The van der Waals surface area contributed by atoms with Crippen LogP contribution >= 0.6 is 0 Å². The van der Waals surface area contributed by atoms with Crippen LogP contribution in [-0.2, 0) is 16.0 Å². The average molecular weight is 351 g/mol. The van der Waals surface area contributed by atoms with Crippen LogP contribution in [0.1, 0.15) is 22.8 Å². The fraction of sp³-hybridized carbons (Fsp3) is 0.238. The molecule has 2 rings (SSSR count). The maximum absolute atomic E-state index is 12.0. The van der Waals surface area contributed by atoms with E-state index in [0.717, 1.165) is 5.56 Å². The van der Waals surface area contributed by atoms with E-state index >= 15 is 0 Å². The van der Waals surface area contributed by atoms with Crippen molar-refractivity contribution in [2.45, 2.75) is 19.4 Å². The predicted molar refractivity (Wildman–Crippen MR) is 98.8 cm³/mol. The third-order valence-corrected chi connectivity index (χ3v) is 3.61. The van der Waals surface area contributed by atoms with E-state index < -0.39 is 12.0 Å². The van der Waals surface area contributed by atoms with Crippen LogP contribution in [-0.4, -0.2) is 31.0 Å². The Hall–Kier alpha value is -3.10. The molecule has 0 amide bonds. The van der Waals surface area contributed by atoms with Gasteiger partial charge >= 0.3 is 5.97 Å². The number of carbonyl (C=O) groups is 2. The van der Waals surface area contributed by atoms with Crippen LogP contribution in [0.4, 0.5) is 0 Å². The molecular formula is C21H21NO4. The molecule has 2 aromatic carbocycles. The Morgan fingerprint density at radius 3 is 2.42 bits per heavy atom. The minimum Gasteiger partial charge on any atom is -0.481 e. The third-order valence-electron chi connectivity index (χ3n) is 3.61. The number of esters is 1. The normalized spacial score (nSPS) is 11.0. The molecule has 26 heavy (non-hydrogen) atoms. The van der Waals surface area contributed by atoms with Crippen molar-refractivity contribution < 1.29 is 19.1 Å². The number of rotatable bonds is 8. The molecule has 0 spiro atoms. The van der Waals surface area contributed by atoms with Gasteiger partial charge in [0.05, 0.1) is 0 Å². The summed E-state index contributed by atoms with van der Waals surface area (Å²) in [4.78, 5) is 23.9. The number of ketones is 1. The topological polar surface area (TPSA) is 78.6 Å². The van der Waals surface area contributed by atoms with Gasteiger partial charge in [-0.3, -0.25) is 9.59 Å². The van der Waals surface area contributed by atoms with Gasteiger partial charge in [-0.2, -0.15) is 0 Å². The zero-order chi connectivity index (χ0) is 18.8. The van der Waals surface area contributed by atoms with Gasteiger partial charge in [0.2, 0.25) is 0 Å². The Morgan fingerprint density at radius 2 is 1.77 bits per heavy atom. The molecule has 0 heterocycles. The Morgan fingerprint density at radius 1 is 1.08 bits per heavy atom. The highest BCUT2D eigenvalue weighted by atomic mass is 16.5. The van der Waals surface area contributed by atoms with Gasteiger partial charge in [0.1, 0.15) is 18.4 Å². The zero-order valence-electron chi connectivity index (χ0n) is 14.6. The fourth-order valence-electron chi connectivity index (χ4n) is 2.20. The monoisotopic (exact) mass is 351 g/mol. The molecule has 2 aromatic rings. The maximum Gasteiger partial charge on any atom is 0.323 e. The molecule has 5 nitrogen and oxygen atoms in total. The number of Topliss-reactive ketones (excluding diaryl/α,β-unsaturated/α-hetero) is 1. The molecule has 0 aromatic heterocycles. The third kappa shape index (κ3) is 6.08. The van der Waals surface area contributed by atoms with Crippen molar-refractivity contribution in [2.24, 2.45) is 5.73 Å². The highest BCUT2D eigenvalue weighted by molar-refractivity contribution is 5.98. The molecule has 0 aliphatic rings. The first-order valence-corrected chi connectivity index (χ1v) is 8.22. The standard InChI is InChI=1S/C21H21NO4/c1-2-3-13-25-18-11-9-16(10-12-18)14-19(22)21(24)26-15-20(23)17-7-5-4-6-8-17/h4-12,19H,13-15,22H2,1H3/t19-/m0/s1. The summed E-state index contributed by atoms with van der Waals surface area (Å²) >= 11 is 0. The fourth-order valence-corrected chi connectivity index (χ4v) is 2.20. The summed E-state index contributed by atoms with van der Waals surface area (Å²) in [6.07, 6.45) is 0.313. The van der Waals surface area contributed by atoms with Gasteiger partial charge in [0.25, 0.3) is 0 Å². The van der Waals surface area contributed by atoms with Crippen LogP contribution in [0.3, 0.4) is 0 Å². The van der Waals surface area contributed by atoms with Crippen molar-refractivity contribution in [2.75, 3.05) is 13.2 Å². The lowest BCUT2D eigenvalue weighted by atomic mass is 10.1. The van der Waals surface area contributed by atoms with E-state index in [1.165, 1.54) is 0 Å². The van der Waals surface area contributed by atoms with E-state index in [0.29, 0.717) is 24.3 Å². The summed E-state index contributed by atoms with van der Waals surface area (Å²) in [7, 11) is 0. The second-order valence-corrected chi connectivity index (χ2v) is 5.57. The molecule has 0 saturated carbocycles. The average Bonchev–Trinajstić information content (AvgIpc) is 2.68. The highest BCUT2D eigenvalue weighted by Gasteiger charge is 2.17. The lowest BCUT2D eigenvalue weighted by Crippen LogP contribution is -2.35. The van der Waals surface area contributed by atoms with Crippen molar-refractivity contribution in [3.63, 3.8) is 0 Å². The van der Waals surface area contributed by atoms with E-state index in [9.17, 15) is 9.59 Å². The molecule has 5 heteroatoms. The van der Waals surface area contributed by atoms with Crippen molar-refractivity contribution in [1.29, 1.82) is 0 Å². The Bertz CT molecular complexity index is 788. The van der Waals surface area contributed by atoms with E-state index in [2.05, 4.69) is 11.8 Å². The molecule has 0 bridgehead atoms.